The lowest BCUT2D eigenvalue weighted by molar-refractivity contribution is -0.115. The van der Waals surface area contributed by atoms with Crippen LogP contribution in [0.5, 0.6) is 11.5 Å². The Morgan fingerprint density at radius 1 is 1.04 bits per heavy atom. The predicted octanol–water partition coefficient (Wildman–Crippen LogP) is 2.82. The average Bonchev–Trinajstić information content (AvgIpc) is 2.95. The number of benzene rings is 2. The van der Waals surface area contributed by atoms with Gasteiger partial charge in [-0.1, -0.05) is 30.3 Å². The molecule has 0 bridgehead atoms. The third-order valence-electron chi connectivity index (χ3n) is 3.71. The third-order valence-corrected chi connectivity index (χ3v) is 3.71. The molecule has 0 aliphatic carbocycles. The fraction of sp³-hybridized carbons (Fsp3) is 0.158. The number of amidine groups is 1. The van der Waals surface area contributed by atoms with Crippen LogP contribution in [-0.2, 0) is 11.2 Å². The molecule has 2 aromatic rings. The summed E-state index contributed by atoms with van der Waals surface area (Å²) >= 11 is 0. The van der Waals surface area contributed by atoms with Gasteiger partial charge in [0.1, 0.15) is 23.0 Å². The van der Waals surface area contributed by atoms with Crippen LogP contribution >= 0.6 is 0 Å². The van der Waals surface area contributed by atoms with E-state index >= 15 is 0 Å². The zero-order valence-corrected chi connectivity index (χ0v) is 13.6. The van der Waals surface area contributed by atoms with Crippen molar-refractivity contribution in [2.45, 2.75) is 6.42 Å². The summed E-state index contributed by atoms with van der Waals surface area (Å²) in [5, 5.41) is 2.81. The molecule has 5 nitrogen and oxygen atoms in total. The fourth-order valence-corrected chi connectivity index (χ4v) is 2.47. The molecule has 5 heteroatoms. The van der Waals surface area contributed by atoms with Gasteiger partial charge in [0.15, 0.2) is 0 Å². The molecule has 0 aromatic heterocycles. The quantitative estimate of drug-likeness (QED) is 0.861. The fourth-order valence-electron chi connectivity index (χ4n) is 2.47. The summed E-state index contributed by atoms with van der Waals surface area (Å²) < 4.78 is 10.4. The second kappa shape index (κ2) is 7.00. The summed E-state index contributed by atoms with van der Waals surface area (Å²) in [5.41, 5.74) is 2.25. The van der Waals surface area contributed by atoms with E-state index in [4.69, 9.17) is 9.47 Å². The highest BCUT2D eigenvalue weighted by atomic mass is 16.5. The molecule has 0 unspecified atom stereocenters. The Morgan fingerprint density at radius 2 is 1.79 bits per heavy atom. The molecular formula is C19H18N2O3. The van der Waals surface area contributed by atoms with Crippen molar-refractivity contribution in [3.05, 3.63) is 65.4 Å². The van der Waals surface area contributed by atoms with Gasteiger partial charge in [0.25, 0.3) is 5.91 Å². The lowest BCUT2D eigenvalue weighted by Gasteiger charge is -2.03. The second-order valence-corrected chi connectivity index (χ2v) is 5.31. The van der Waals surface area contributed by atoms with Gasteiger partial charge in [-0.25, -0.2) is 4.99 Å². The molecule has 1 amide bonds. The van der Waals surface area contributed by atoms with E-state index in [-0.39, 0.29) is 5.91 Å². The van der Waals surface area contributed by atoms with Crippen molar-refractivity contribution in [3.8, 4) is 11.5 Å². The van der Waals surface area contributed by atoms with Crippen LogP contribution in [-0.4, -0.2) is 26.0 Å². The minimum absolute atomic E-state index is 0.204. The van der Waals surface area contributed by atoms with Crippen molar-refractivity contribution < 1.29 is 14.3 Å². The first-order chi connectivity index (χ1) is 11.7. The number of rotatable bonds is 5. The first-order valence-electron chi connectivity index (χ1n) is 7.56. The van der Waals surface area contributed by atoms with Gasteiger partial charge in [-0.15, -0.1) is 0 Å². The van der Waals surface area contributed by atoms with Gasteiger partial charge >= 0.3 is 0 Å². The van der Waals surface area contributed by atoms with Crippen LogP contribution < -0.4 is 14.8 Å². The molecule has 122 valence electrons. The van der Waals surface area contributed by atoms with Crippen molar-refractivity contribution in [1.82, 2.24) is 5.32 Å². The largest absolute Gasteiger partial charge is 0.497 e. The summed E-state index contributed by atoms with van der Waals surface area (Å²) in [5.74, 6) is 1.93. The van der Waals surface area contributed by atoms with Crippen LogP contribution in [0.4, 0.5) is 0 Å². The Labute approximate surface area is 140 Å². The SMILES string of the molecule is COc1ccc(CC2=N/C(=C\c3ccccc3OC)C(=O)N2)cc1. The molecule has 3 rings (SSSR count). The molecule has 1 heterocycles. The number of methoxy groups -OCH3 is 2. The Morgan fingerprint density at radius 3 is 2.50 bits per heavy atom. The molecule has 0 atom stereocenters. The Hall–Kier alpha value is -3.08. The summed E-state index contributed by atoms with van der Waals surface area (Å²) in [6.45, 7) is 0. The van der Waals surface area contributed by atoms with Gasteiger partial charge in [-0.05, 0) is 29.8 Å². The summed E-state index contributed by atoms with van der Waals surface area (Å²) in [4.78, 5) is 16.5. The van der Waals surface area contributed by atoms with Crippen LogP contribution in [0.25, 0.3) is 6.08 Å². The van der Waals surface area contributed by atoms with Gasteiger partial charge in [-0.3, -0.25) is 4.79 Å². The number of hydrogen-bond acceptors (Lipinski definition) is 4. The normalized spacial score (nSPS) is 15.2. The van der Waals surface area contributed by atoms with E-state index in [1.54, 1.807) is 20.3 Å². The van der Waals surface area contributed by atoms with Crippen LogP contribution in [0.1, 0.15) is 11.1 Å². The third kappa shape index (κ3) is 3.46. The van der Waals surface area contributed by atoms with Gasteiger partial charge in [0.05, 0.1) is 14.2 Å². The van der Waals surface area contributed by atoms with Crippen LogP contribution in [0.2, 0.25) is 0 Å². The Kier molecular flexibility index (Phi) is 4.61. The molecule has 1 aliphatic rings. The number of nitrogens with one attached hydrogen (secondary N) is 1. The highest BCUT2D eigenvalue weighted by Crippen LogP contribution is 2.22. The standard InChI is InChI=1S/C19H18N2O3/c1-23-15-9-7-13(8-10-15)11-18-20-16(19(22)21-18)12-14-5-3-4-6-17(14)24-2/h3-10,12H,11H2,1-2H3,(H,20,21,22)/b16-12-. The van der Waals surface area contributed by atoms with E-state index in [0.717, 1.165) is 16.9 Å². The van der Waals surface area contributed by atoms with Crippen molar-refractivity contribution in [1.29, 1.82) is 0 Å². The number of carbonyl (C=O) groups is 1. The first-order valence-corrected chi connectivity index (χ1v) is 7.56. The topological polar surface area (TPSA) is 59.9 Å². The second-order valence-electron chi connectivity index (χ2n) is 5.31. The highest BCUT2D eigenvalue weighted by Gasteiger charge is 2.20. The molecule has 0 fully saturated rings. The molecular weight excluding hydrogens is 304 g/mol. The number of nitrogens with zero attached hydrogens (tertiary/aromatic N) is 1. The van der Waals surface area contributed by atoms with Gasteiger partial charge in [0, 0.05) is 12.0 Å². The van der Waals surface area contributed by atoms with Gasteiger partial charge in [-0.2, -0.15) is 0 Å². The number of hydrogen-bond donors (Lipinski definition) is 1. The Bertz CT molecular complexity index is 808. The molecule has 1 aliphatic heterocycles. The van der Waals surface area contributed by atoms with Crippen LogP contribution in [0.15, 0.2) is 59.2 Å². The maximum Gasteiger partial charge on any atom is 0.275 e. The van der Waals surface area contributed by atoms with Crippen molar-refractivity contribution >= 4 is 17.8 Å². The number of amides is 1. The van der Waals surface area contributed by atoms with E-state index < -0.39 is 0 Å². The minimum Gasteiger partial charge on any atom is -0.497 e. The molecule has 1 N–H and O–H groups in total. The Balaban J connectivity index is 1.80. The summed E-state index contributed by atoms with van der Waals surface area (Å²) in [7, 11) is 3.23. The van der Waals surface area contributed by atoms with Crippen LogP contribution in [0, 0.1) is 0 Å². The van der Waals surface area contributed by atoms with E-state index in [1.807, 2.05) is 48.5 Å². The predicted molar refractivity (Wildman–Crippen MR) is 93.2 cm³/mol. The van der Waals surface area contributed by atoms with E-state index in [2.05, 4.69) is 10.3 Å². The minimum atomic E-state index is -0.204. The number of carbonyl (C=O) groups excluding carboxylic acids is 1. The molecule has 2 aromatic carbocycles. The molecule has 0 saturated heterocycles. The smallest absolute Gasteiger partial charge is 0.275 e. The van der Waals surface area contributed by atoms with E-state index in [0.29, 0.717) is 23.7 Å². The number of ether oxygens (including phenoxy) is 2. The number of aliphatic imine (C=N–C) groups is 1. The average molecular weight is 322 g/mol. The highest BCUT2D eigenvalue weighted by molar-refractivity contribution is 6.14. The monoisotopic (exact) mass is 322 g/mol. The van der Waals surface area contributed by atoms with E-state index in [1.165, 1.54) is 0 Å². The van der Waals surface area contributed by atoms with Crippen molar-refractivity contribution in [2.24, 2.45) is 4.99 Å². The van der Waals surface area contributed by atoms with Crippen LogP contribution in [0.3, 0.4) is 0 Å². The first kappa shape index (κ1) is 15.8. The summed E-state index contributed by atoms with van der Waals surface area (Å²) in [6.07, 6.45) is 2.29. The van der Waals surface area contributed by atoms with Gasteiger partial charge < -0.3 is 14.8 Å². The molecule has 0 saturated carbocycles. The van der Waals surface area contributed by atoms with Crippen molar-refractivity contribution in [2.75, 3.05) is 14.2 Å². The van der Waals surface area contributed by atoms with Crippen molar-refractivity contribution in [3.63, 3.8) is 0 Å². The summed E-state index contributed by atoms with van der Waals surface area (Å²) in [6, 6.07) is 15.2. The van der Waals surface area contributed by atoms with Gasteiger partial charge in [0.2, 0.25) is 0 Å². The zero-order valence-electron chi connectivity index (χ0n) is 13.6. The van der Waals surface area contributed by atoms with E-state index in [9.17, 15) is 4.79 Å². The lowest BCUT2D eigenvalue weighted by Crippen LogP contribution is -2.25. The molecule has 0 radical (unpaired) electrons. The zero-order chi connectivity index (χ0) is 16.9. The maximum absolute atomic E-state index is 12.1. The number of para-hydroxylation sites is 1. The molecule has 24 heavy (non-hydrogen) atoms. The lowest BCUT2D eigenvalue weighted by atomic mass is 10.1. The molecule has 0 spiro atoms. The maximum atomic E-state index is 12.1.